The second-order valence-corrected chi connectivity index (χ2v) is 8.72. The number of hydrogen-bond acceptors (Lipinski definition) is 4. The van der Waals surface area contributed by atoms with Gasteiger partial charge in [0.05, 0.1) is 29.8 Å². The summed E-state index contributed by atoms with van der Waals surface area (Å²) in [5.74, 6) is 0.187. The van der Waals surface area contributed by atoms with Crippen molar-refractivity contribution in [1.29, 1.82) is 0 Å². The Morgan fingerprint density at radius 3 is 2.09 bits per heavy atom. The predicted molar refractivity (Wildman–Crippen MR) is 112 cm³/mol. The largest absolute Gasteiger partial charge is 0.626 e. The third kappa shape index (κ3) is 4.68. The number of aromatic nitrogens is 1. The van der Waals surface area contributed by atoms with E-state index in [9.17, 15) is 31.5 Å². The maximum absolute atomic E-state index is 13.8. The van der Waals surface area contributed by atoms with Crippen LogP contribution in [-0.4, -0.2) is 29.8 Å². The standard InChI is InChI=1S/C23H24F6N2O3/c1-2-9-33-20-10-14(22(24,25)26)3-7-19(20)34-18-11-16-5-6-17(12-18)31(16,32)21-8-4-15(13-30-21)23(27,28)29/h3-4,7-8,10,13,16-18H,2,5-6,9,11-12H2,1H3/t16-,17+,18?,31?. The first-order chi connectivity index (χ1) is 15.9. The van der Waals surface area contributed by atoms with Crippen LogP contribution in [0.25, 0.3) is 0 Å². The van der Waals surface area contributed by atoms with Crippen molar-refractivity contribution in [1.82, 2.24) is 9.63 Å². The highest BCUT2D eigenvalue weighted by atomic mass is 19.4. The molecule has 11 heteroatoms. The Labute approximate surface area is 192 Å². The van der Waals surface area contributed by atoms with E-state index in [1.807, 2.05) is 6.92 Å². The van der Waals surface area contributed by atoms with E-state index in [-0.39, 0.29) is 23.9 Å². The monoisotopic (exact) mass is 490 g/mol. The van der Waals surface area contributed by atoms with E-state index < -0.39 is 46.3 Å². The average molecular weight is 490 g/mol. The number of ether oxygens (including phenoxy) is 2. The number of alkyl halides is 6. The van der Waals surface area contributed by atoms with Gasteiger partial charge in [0.25, 0.3) is 0 Å². The molecule has 0 aliphatic carbocycles. The van der Waals surface area contributed by atoms with Crippen LogP contribution in [0.3, 0.4) is 0 Å². The second kappa shape index (κ2) is 8.92. The minimum atomic E-state index is -4.54. The van der Waals surface area contributed by atoms with E-state index in [2.05, 4.69) is 4.98 Å². The average Bonchev–Trinajstić information content (AvgIpc) is 2.94. The number of pyridine rings is 1. The molecule has 2 unspecified atom stereocenters. The number of benzene rings is 1. The second-order valence-electron chi connectivity index (χ2n) is 8.72. The lowest BCUT2D eigenvalue weighted by Crippen LogP contribution is -2.59. The van der Waals surface area contributed by atoms with E-state index in [0.717, 1.165) is 24.3 Å². The number of quaternary nitrogens is 1. The summed E-state index contributed by atoms with van der Waals surface area (Å²) in [7, 11) is 0. The summed E-state index contributed by atoms with van der Waals surface area (Å²) in [6.07, 6.45) is -6.51. The van der Waals surface area contributed by atoms with Crippen molar-refractivity contribution in [2.24, 2.45) is 0 Å². The van der Waals surface area contributed by atoms with Crippen LogP contribution >= 0.6 is 0 Å². The van der Waals surface area contributed by atoms with Gasteiger partial charge in [-0.25, -0.2) is 4.98 Å². The number of hydroxylamine groups is 2. The van der Waals surface area contributed by atoms with E-state index >= 15 is 0 Å². The third-order valence-electron chi connectivity index (χ3n) is 6.45. The molecule has 0 spiro atoms. The zero-order valence-corrected chi connectivity index (χ0v) is 18.3. The Kier molecular flexibility index (Phi) is 6.45. The fourth-order valence-corrected chi connectivity index (χ4v) is 4.84. The fraction of sp³-hybridized carbons (Fsp3) is 0.522. The molecule has 34 heavy (non-hydrogen) atoms. The zero-order valence-electron chi connectivity index (χ0n) is 18.3. The molecule has 2 fully saturated rings. The summed E-state index contributed by atoms with van der Waals surface area (Å²) < 4.78 is 88.7. The number of fused-ring (bicyclic) bond motifs is 2. The van der Waals surface area contributed by atoms with Gasteiger partial charge in [0.1, 0.15) is 6.10 Å². The molecule has 2 aliphatic heterocycles. The lowest BCUT2D eigenvalue weighted by atomic mass is 9.98. The lowest BCUT2D eigenvalue weighted by Gasteiger charge is -2.51. The number of piperidine rings is 1. The van der Waals surface area contributed by atoms with Crippen LogP contribution in [0.4, 0.5) is 32.2 Å². The van der Waals surface area contributed by atoms with Crippen molar-refractivity contribution in [3.05, 3.63) is 52.9 Å². The van der Waals surface area contributed by atoms with Gasteiger partial charge in [-0.05, 0) is 30.7 Å². The normalized spacial score (nSPS) is 27.0. The Morgan fingerprint density at radius 2 is 1.56 bits per heavy atom. The number of hydrogen-bond donors (Lipinski definition) is 0. The van der Waals surface area contributed by atoms with Gasteiger partial charge in [-0.1, -0.05) is 6.92 Å². The van der Waals surface area contributed by atoms with Crippen LogP contribution in [0.2, 0.25) is 0 Å². The highest BCUT2D eigenvalue weighted by Crippen LogP contribution is 2.47. The number of halogens is 6. The van der Waals surface area contributed by atoms with Crippen molar-refractivity contribution in [3.8, 4) is 11.5 Å². The maximum atomic E-state index is 13.8. The molecule has 186 valence electrons. The summed E-state index contributed by atoms with van der Waals surface area (Å²) in [6, 6.07) is 4.11. The van der Waals surface area contributed by atoms with Crippen molar-refractivity contribution in [2.45, 2.75) is 69.6 Å². The molecule has 1 aromatic carbocycles. The lowest BCUT2D eigenvalue weighted by molar-refractivity contribution is -0.138. The van der Waals surface area contributed by atoms with Crippen molar-refractivity contribution in [2.75, 3.05) is 6.61 Å². The predicted octanol–water partition coefficient (Wildman–Crippen LogP) is 6.49. The summed E-state index contributed by atoms with van der Waals surface area (Å²) in [4.78, 5) is 3.84. The summed E-state index contributed by atoms with van der Waals surface area (Å²) in [5, 5.41) is 13.8. The van der Waals surface area contributed by atoms with Gasteiger partial charge >= 0.3 is 12.4 Å². The molecule has 4 atom stereocenters. The smallest absolute Gasteiger partial charge is 0.417 e. The fourth-order valence-electron chi connectivity index (χ4n) is 4.84. The van der Waals surface area contributed by atoms with Crippen LogP contribution in [0, 0.1) is 5.21 Å². The summed E-state index contributed by atoms with van der Waals surface area (Å²) >= 11 is 0. The van der Waals surface area contributed by atoms with Crippen LogP contribution in [0.1, 0.15) is 50.2 Å². The van der Waals surface area contributed by atoms with Gasteiger partial charge in [0.2, 0.25) is 5.82 Å². The molecular formula is C23H24F6N2O3. The number of nitrogens with zero attached hydrogens (tertiary/aromatic N) is 2. The molecule has 4 rings (SSSR count). The minimum absolute atomic E-state index is 0.0121. The van der Waals surface area contributed by atoms with Gasteiger partial charge in [0.15, 0.2) is 11.5 Å². The molecular weight excluding hydrogens is 466 g/mol. The summed E-state index contributed by atoms with van der Waals surface area (Å²) in [5.41, 5.74) is -1.77. The molecule has 2 bridgehead atoms. The molecule has 2 aromatic rings. The molecule has 5 nitrogen and oxygen atoms in total. The van der Waals surface area contributed by atoms with Crippen molar-refractivity contribution < 1.29 is 35.8 Å². The SMILES string of the molecule is CCCOc1cc(C(F)(F)F)ccc1OC1C[C@H]2CC[C@@H](C1)[N+]2([O-])c1ccc(C(F)(F)F)cn1. The van der Waals surface area contributed by atoms with Gasteiger partial charge in [-0.2, -0.15) is 26.3 Å². The molecule has 2 aliphatic rings. The van der Waals surface area contributed by atoms with E-state index in [4.69, 9.17) is 9.47 Å². The molecule has 0 radical (unpaired) electrons. The Hall–Kier alpha value is -2.53. The minimum Gasteiger partial charge on any atom is -0.626 e. The molecule has 0 amide bonds. The Balaban J connectivity index is 1.53. The van der Waals surface area contributed by atoms with Crippen LogP contribution < -0.4 is 14.1 Å². The van der Waals surface area contributed by atoms with E-state index in [1.165, 1.54) is 6.07 Å². The van der Waals surface area contributed by atoms with Crippen molar-refractivity contribution in [3.63, 3.8) is 0 Å². The highest BCUT2D eigenvalue weighted by molar-refractivity contribution is 5.45. The Bertz CT molecular complexity index is 995. The van der Waals surface area contributed by atoms with E-state index in [0.29, 0.717) is 38.3 Å². The third-order valence-corrected chi connectivity index (χ3v) is 6.45. The van der Waals surface area contributed by atoms with Crippen LogP contribution in [-0.2, 0) is 12.4 Å². The maximum Gasteiger partial charge on any atom is 0.417 e. The zero-order chi connectivity index (χ0) is 24.7. The molecule has 3 heterocycles. The van der Waals surface area contributed by atoms with Gasteiger partial charge < -0.3 is 19.3 Å². The summed E-state index contributed by atoms with van der Waals surface area (Å²) in [6.45, 7) is 2.04. The van der Waals surface area contributed by atoms with Crippen LogP contribution in [0.5, 0.6) is 11.5 Å². The first kappa shape index (κ1) is 24.6. The molecule has 0 saturated carbocycles. The van der Waals surface area contributed by atoms with Gasteiger partial charge in [-0.15, -0.1) is 0 Å². The highest BCUT2D eigenvalue weighted by Gasteiger charge is 2.52. The van der Waals surface area contributed by atoms with E-state index in [1.54, 1.807) is 0 Å². The first-order valence-corrected chi connectivity index (χ1v) is 11.1. The molecule has 1 aromatic heterocycles. The van der Waals surface area contributed by atoms with Crippen LogP contribution in [0.15, 0.2) is 36.5 Å². The van der Waals surface area contributed by atoms with Gasteiger partial charge in [-0.3, -0.25) is 0 Å². The quantitative estimate of drug-likeness (QED) is 0.264. The van der Waals surface area contributed by atoms with Crippen molar-refractivity contribution >= 4 is 5.82 Å². The number of rotatable bonds is 6. The Morgan fingerprint density at radius 1 is 0.941 bits per heavy atom. The molecule has 2 saturated heterocycles. The topological polar surface area (TPSA) is 54.4 Å². The molecule has 0 N–H and O–H groups in total. The first-order valence-electron chi connectivity index (χ1n) is 11.1. The van der Waals surface area contributed by atoms with Gasteiger partial charge in [0, 0.05) is 37.9 Å².